The normalized spacial score (nSPS) is 10.4. The summed E-state index contributed by atoms with van der Waals surface area (Å²) in [5.41, 5.74) is 1.78. The van der Waals surface area contributed by atoms with Crippen molar-refractivity contribution in [2.75, 3.05) is 0 Å². The molecule has 0 fully saturated rings. The van der Waals surface area contributed by atoms with Crippen LogP contribution in [-0.2, 0) is 6.54 Å². The van der Waals surface area contributed by atoms with Crippen LogP contribution in [-0.4, -0.2) is 14.9 Å². The van der Waals surface area contributed by atoms with Gasteiger partial charge in [-0.25, -0.2) is 0 Å². The van der Waals surface area contributed by atoms with Crippen LogP contribution >= 0.6 is 0 Å². The van der Waals surface area contributed by atoms with Crippen LogP contribution in [0.25, 0.3) is 11.3 Å². The molecule has 2 rings (SSSR count). The fourth-order valence-electron chi connectivity index (χ4n) is 1.51. The van der Waals surface area contributed by atoms with E-state index in [4.69, 9.17) is 0 Å². The fourth-order valence-corrected chi connectivity index (χ4v) is 1.51. The molecule has 3 heteroatoms. The summed E-state index contributed by atoms with van der Waals surface area (Å²) in [5, 5.41) is 13.7. The van der Waals surface area contributed by atoms with Crippen molar-refractivity contribution in [1.82, 2.24) is 9.78 Å². The van der Waals surface area contributed by atoms with Gasteiger partial charge >= 0.3 is 0 Å². The monoisotopic (exact) mass is 188 g/mol. The molecule has 1 aromatic carbocycles. The topological polar surface area (TPSA) is 38.0 Å². The lowest BCUT2D eigenvalue weighted by Crippen LogP contribution is -1.98. The quantitative estimate of drug-likeness (QED) is 0.785. The Morgan fingerprint density at radius 3 is 2.64 bits per heavy atom. The Kier molecular flexibility index (Phi) is 2.23. The number of aromatic hydroxyl groups is 1. The largest absolute Gasteiger partial charge is 0.504 e. The standard InChI is InChI=1S/C11H12N2O/c1-2-13-11(10(14)8-12-13)9-6-4-3-5-7-9/h3-8,14H,2H2,1H3. The highest BCUT2D eigenvalue weighted by Crippen LogP contribution is 2.28. The van der Waals surface area contributed by atoms with Gasteiger partial charge in [-0.05, 0) is 6.92 Å². The molecule has 0 aliphatic rings. The minimum absolute atomic E-state index is 0.234. The van der Waals surface area contributed by atoms with E-state index in [0.29, 0.717) is 0 Å². The Balaban J connectivity index is 2.55. The van der Waals surface area contributed by atoms with Gasteiger partial charge in [-0.2, -0.15) is 5.10 Å². The maximum Gasteiger partial charge on any atom is 0.161 e. The first-order chi connectivity index (χ1) is 6.83. The zero-order valence-corrected chi connectivity index (χ0v) is 8.01. The maximum atomic E-state index is 9.63. The van der Waals surface area contributed by atoms with E-state index in [1.165, 1.54) is 6.20 Å². The third-order valence-corrected chi connectivity index (χ3v) is 2.17. The Morgan fingerprint density at radius 1 is 1.29 bits per heavy atom. The van der Waals surface area contributed by atoms with Crippen molar-refractivity contribution < 1.29 is 5.11 Å². The second kappa shape index (κ2) is 3.54. The van der Waals surface area contributed by atoms with E-state index in [9.17, 15) is 5.11 Å². The molecule has 2 aromatic rings. The van der Waals surface area contributed by atoms with Crippen molar-refractivity contribution in [3.63, 3.8) is 0 Å². The van der Waals surface area contributed by atoms with E-state index in [0.717, 1.165) is 17.8 Å². The molecule has 0 aliphatic heterocycles. The summed E-state index contributed by atoms with van der Waals surface area (Å²) in [6.07, 6.45) is 1.48. The van der Waals surface area contributed by atoms with E-state index in [1.807, 2.05) is 37.3 Å². The van der Waals surface area contributed by atoms with Gasteiger partial charge in [0.15, 0.2) is 5.75 Å². The molecule has 72 valence electrons. The Hall–Kier alpha value is -1.77. The smallest absolute Gasteiger partial charge is 0.161 e. The highest BCUT2D eigenvalue weighted by molar-refractivity contribution is 5.65. The van der Waals surface area contributed by atoms with Gasteiger partial charge in [0, 0.05) is 12.1 Å². The van der Waals surface area contributed by atoms with Crippen molar-refractivity contribution in [2.45, 2.75) is 13.5 Å². The molecule has 1 N–H and O–H groups in total. The molecule has 14 heavy (non-hydrogen) atoms. The SMILES string of the molecule is CCn1ncc(O)c1-c1ccccc1. The lowest BCUT2D eigenvalue weighted by Gasteiger charge is -2.04. The summed E-state index contributed by atoms with van der Waals surface area (Å²) in [6, 6.07) is 9.77. The molecule has 0 amide bonds. The minimum atomic E-state index is 0.234. The third kappa shape index (κ3) is 1.37. The molecule has 0 atom stereocenters. The van der Waals surface area contributed by atoms with E-state index >= 15 is 0 Å². The van der Waals surface area contributed by atoms with Crippen molar-refractivity contribution in [1.29, 1.82) is 0 Å². The molecular formula is C11H12N2O. The molecule has 0 unspecified atom stereocenters. The van der Waals surface area contributed by atoms with Crippen LogP contribution in [0.1, 0.15) is 6.92 Å². The lowest BCUT2D eigenvalue weighted by atomic mass is 10.1. The average Bonchev–Trinajstić information content (AvgIpc) is 2.61. The van der Waals surface area contributed by atoms with E-state index in [2.05, 4.69) is 5.10 Å². The minimum Gasteiger partial charge on any atom is -0.504 e. The molecule has 0 saturated carbocycles. The number of hydrogen-bond donors (Lipinski definition) is 1. The fraction of sp³-hybridized carbons (Fsp3) is 0.182. The molecular weight excluding hydrogens is 176 g/mol. The van der Waals surface area contributed by atoms with Gasteiger partial charge in [0.25, 0.3) is 0 Å². The van der Waals surface area contributed by atoms with Crippen LogP contribution in [0.3, 0.4) is 0 Å². The first-order valence-electron chi connectivity index (χ1n) is 4.63. The van der Waals surface area contributed by atoms with E-state index < -0.39 is 0 Å². The molecule has 0 saturated heterocycles. The third-order valence-electron chi connectivity index (χ3n) is 2.17. The molecule has 0 radical (unpaired) electrons. The number of nitrogens with zero attached hydrogens (tertiary/aromatic N) is 2. The maximum absolute atomic E-state index is 9.63. The molecule has 1 aromatic heterocycles. The van der Waals surface area contributed by atoms with Crippen molar-refractivity contribution in [2.24, 2.45) is 0 Å². The first-order valence-corrected chi connectivity index (χ1v) is 4.63. The van der Waals surface area contributed by atoms with Gasteiger partial charge < -0.3 is 5.11 Å². The van der Waals surface area contributed by atoms with Crippen LogP contribution < -0.4 is 0 Å². The van der Waals surface area contributed by atoms with Crippen LogP contribution in [0.5, 0.6) is 5.75 Å². The van der Waals surface area contributed by atoms with Gasteiger partial charge in [0.2, 0.25) is 0 Å². The number of aromatic nitrogens is 2. The second-order valence-corrected chi connectivity index (χ2v) is 3.06. The van der Waals surface area contributed by atoms with Crippen LogP contribution in [0.15, 0.2) is 36.5 Å². The van der Waals surface area contributed by atoms with Gasteiger partial charge in [-0.1, -0.05) is 30.3 Å². The van der Waals surface area contributed by atoms with Gasteiger partial charge in [-0.3, -0.25) is 4.68 Å². The predicted octanol–water partition coefficient (Wildman–Crippen LogP) is 2.28. The highest BCUT2D eigenvalue weighted by Gasteiger charge is 2.09. The average molecular weight is 188 g/mol. The number of hydrogen-bond acceptors (Lipinski definition) is 2. The summed E-state index contributed by atoms with van der Waals surface area (Å²) in [5.74, 6) is 0.234. The summed E-state index contributed by atoms with van der Waals surface area (Å²) < 4.78 is 1.78. The van der Waals surface area contributed by atoms with Crippen molar-refractivity contribution in [3.8, 4) is 17.0 Å². The number of rotatable bonds is 2. The van der Waals surface area contributed by atoms with E-state index in [1.54, 1.807) is 4.68 Å². The van der Waals surface area contributed by atoms with Gasteiger partial charge in [0.1, 0.15) is 5.69 Å². The Labute approximate surface area is 82.6 Å². The second-order valence-electron chi connectivity index (χ2n) is 3.06. The van der Waals surface area contributed by atoms with E-state index in [-0.39, 0.29) is 5.75 Å². The number of benzene rings is 1. The van der Waals surface area contributed by atoms with Crippen molar-refractivity contribution >= 4 is 0 Å². The Morgan fingerprint density at radius 2 is 2.00 bits per heavy atom. The van der Waals surface area contributed by atoms with Crippen LogP contribution in [0.4, 0.5) is 0 Å². The Bertz CT molecular complexity index is 420. The molecule has 0 aliphatic carbocycles. The van der Waals surface area contributed by atoms with Gasteiger partial charge in [0.05, 0.1) is 6.20 Å². The zero-order chi connectivity index (χ0) is 9.97. The van der Waals surface area contributed by atoms with Gasteiger partial charge in [-0.15, -0.1) is 0 Å². The summed E-state index contributed by atoms with van der Waals surface area (Å²) in [7, 11) is 0. The summed E-state index contributed by atoms with van der Waals surface area (Å²) >= 11 is 0. The zero-order valence-electron chi connectivity index (χ0n) is 8.01. The van der Waals surface area contributed by atoms with Crippen LogP contribution in [0, 0.1) is 0 Å². The molecule has 3 nitrogen and oxygen atoms in total. The first kappa shape index (κ1) is 8.81. The predicted molar refractivity (Wildman–Crippen MR) is 55.0 cm³/mol. The molecule has 0 spiro atoms. The summed E-state index contributed by atoms with van der Waals surface area (Å²) in [6.45, 7) is 2.75. The highest BCUT2D eigenvalue weighted by atomic mass is 16.3. The molecule has 1 heterocycles. The lowest BCUT2D eigenvalue weighted by molar-refractivity contribution is 0.476. The van der Waals surface area contributed by atoms with Crippen LogP contribution in [0.2, 0.25) is 0 Å². The van der Waals surface area contributed by atoms with Crippen molar-refractivity contribution in [3.05, 3.63) is 36.5 Å². The number of aryl methyl sites for hydroxylation is 1. The molecule has 0 bridgehead atoms. The summed E-state index contributed by atoms with van der Waals surface area (Å²) in [4.78, 5) is 0.